The summed E-state index contributed by atoms with van der Waals surface area (Å²) in [6.45, 7) is 0.113. The average Bonchev–Trinajstić information content (AvgIpc) is 3.22. The van der Waals surface area contributed by atoms with Crippen LogP contribution in [0.1, 0.15) is 17.7 Å². The van der Waals surface area contributed by atoms with Gasteiger partial charge in [0.25, 0.3) is 0 Å². The Morgan fingerprint density at radius 3 is 2.50 bits per heavy atom. The fraction of sp³-hybridized carbons (Fsp3) is 0.120. The van der Waals surface area contributed by atoms with Crippen molar-refractivity contribution in [3.63, 3.8) is 0 Å². The minimum Gasteiger partial charge on any atom is -0.508 e. The number of aromatic nitrogens is 2. The normalized spacial score (nSPS) is 10.8. The summed E-state index contributed by atoms with van der Waals surface area (Å²) in [5.74, 6) is -0.824. The summed E-state index contributed by atoms with van der Waals surface area (Å²) in [5, 5.41) is 16.9. The molecule has 0 unspecified atom stereocenters. The molecule has 0 saturated carbocycles. The summed E-state index contributed by atoms with van der Waals surface area (Å²) in [4.78, 5) is 12.3. The second kappa shape index (κ2) is 9.43. The molecule has 7 heteroatoms. The number of aromatic hydroxyl groups is 1. The number of rotatable bonds is 7. The molecule has 3 aromatic carbocycles. The molecular weight excluding hydrogens is 412 g/mol. The van der Waals surface area contributed by atoms with Gasteiger partial charge in [-0.2, -0.15) is 5.10 Å². The van der Waals surface area contributed by atoms with Gasteiger partial charge in [-0.05, 0) is 48.5 Å². The first-order chi connectivity index (χ1) is 15.5. The highest BCUT2D eigenvalue weighted by Gasteiger charge is 2.14. The van der Waals surface area contributed by atoms with E-state index in [4.69, 9.17) is 0 Å². The molecule has 0 aliphatic rings. The molecule has 0 fully saturated rings. The molecule has 0 aliphatic carbocycles. The van der Waals surface area contributed by atoms with Crippen molar-refractivity contribution in [2.75, 3.05) is 0 Å². The molecule has 0 spiro atoms. The summed E-state index contributed by atoms with van der Waals surface area (Å²) >= 11 is 0. The van der Waals surface area contributed by atoms with E-state index < -0.39 is 0 Å². The highest BCUT2D eigenvalue weighted by atomic mass is 19.1. The van der Waals surface area contributed by atoms with Gasteiger partial charge in [-0.15, -0.1) is 0 Å². The summed E-state index contributed by atoms with van der Waals surface area (Å²) in [6.07, 6.45) is 0.528. The molecule has 32 heavy (non-hydrogen) atoms. The van der Waals surface area contributed by atoms with E-state index in [1.165, 1.54) is 18.2 Å². The number of nitrogens with zero attached hydrogens (tertiary/aromatic N) is 2. The molecule has 2 N–H and O–H groups in total. The van der Waals surface area contributed by atoms with Gasteiger partial charge in [-0.1, -0.05) is 30.3 Å². The lowest BCUT2D eigenvalue weighted by Crippen LogP contribution is -2.23. The lowest BCUT2D eigenvalue weighted by atomic mass is 10.1. The Morgan fingerprint density at radius 1 is 0.969 bits per heavy atom. The van der Waals surface area contributed by atoms with Gasteiger partial charge in [0.2, 0.25) is 5.91 Å². The minimum absolute atomic E-state index is 0.113. The highest BCUT2D eigenvalue weighted by Crippen LogP contribution is 2.26. The number of nitrogens with one attached hydrogen (secondary N) is 1. The fourth-order valence-corrected chi connectivity index (χ4v) is 3.36. The monoisotopic (exact) mass is 433 g/mol. The third kappa shape index (κ3) is 5.00. The Labute approximate surface area is 184 Å². The molecular formula is C25H21F2N3O2. The molecule has 0 saturated heterocycles. The molecule has 4 aromatic rings. The number of phenols is 1. The van der Waals surface area contributed by atoms with Crippen molar-refractivity contribution in [3.05, 3.63) is 102 Å². The van der Waals surface area contributed by atoms with E-state index in [-0.39, 0.29) is 36.3 Å². The minimum atomic E-state index is -0.366. The van der Waals surface area contributed by atoms with Crippen molar-refractivity contribution >= 4 is 5.91 Å². The summed E-state index contributed by atoms with van der Waals surface area (Å²) < 4.78 is 29.2. The second-order valence-electron chi connectivity index (χ2n) is 7.33. The first kappa shape index (κ1) is 21.2. The van der Waals surface area contributed by atoms with Gasteiger partial charge in [-0.25, -0.2) is 13.5 Å². The van der Waals surface area contributed by atoms with Crippen molar-refractivity contribution in [2.24, 2.45) is 0 Å². The van der Waals surface area contributed by atoms with E-state index >= 15 is 0 Å². The van der Waals surface area contributed by atoms with E-state index in [0.717, 1.165) is 0 Å². The van der Waals surface area contributed by atoms with Gasteiger partial charge in [0.05, 0.1) is 17.1 Å². The van der Waals surface area contributed by atoms with Crippen molar-refractivity contribution < 1.29 is 18.7 Å². The van der Waals surface area contributed by atoms with Crippen LogP contribution in [0, 0.1) is 11.6 Å². The number of phenolic OH excluding ortho intramolecular Hbond substituents is 1. The number of amides is 1. The SMILES string of the molecule is O=C(CCc1cc(-c2cccc(F)c2)n(-c2ccc(O)cc2)n1)NCc1ccccc1F. The standard InChI is InChI=1S/C25H21F2N3O2/c26-19-6-3-5-17(14-19)24-15-20(29-30(24)21-9-11-22(31)12-10-21)8-13-25(32)28-16-18-4-1-2-7-23(18)27/h1-7,9-12,14-15,31H,8,13,16H2,(H,28,32). The van der Waals surface area contributed by atoms with Gasteiger partial charge in [0.15, 0.2) is 0 Å². The predicted octanol–water partition coefficient (Wildman–Crippen LogP) is 4.77. The van der Waals surface area contributed by atoms with Crippen molar-refractivity contribution in [3.8, 4) is 22.7 Å². The van der Waals surface area contributed by atoms with Gasteiger partial charge >= 0.3 is 0 Å². The Bertz CT molecular complexity index is 1240. The molecule has 4 rings (SSSR count). The van der Waals surface area contributed by atoms with Crippen LogP contribution in [0.15, 0.2) is 78.9 Å². The van der Waals surface area contributed by atoms with E-state index in [0.29, 0.717) is 34.6 Å². The van der Waals surface area contributed by atoms with Crippen molar-refractivity contribution in [1.29, 1.82) is 0 Å². The maximum absolute atomic E-state index is 13.8. The summed E-state index contributed by atoms with van der Waals surface area (Å²) in [7, 11) is 0. The first-order valence-electron chi connectivity index (χ1n) is 10.1. The van der Waals surface area contributed by atoms with E-state index in [2.05, 4.69) is 10.4 Å². The number of carbonyl (C=O) groups is 1. The zero-order chi connectivity index (χ0) is 22.5. The number of aryl methyl sites for hydroxylation is 1. The van der Waals surface area contributed by atoms with Crippen molar-refractivity contribution in [1.82, 2.24) is 15.1 Å². The maximum atomic E-state index is 13.8. The largest absolute Gasteiger partial charge is 0.508 e. The zero-order valence-corrected chi connectivity index (χ0v) is 17.1. The third-order valence-electron chi connectivity index (χ3n) is 5.02. The molecule has 0 aliphatic heterocycles. The molecule has 162 valence electrons. The van der Waals surface area contributed by atoms with E-state index in [1.807, 2.05) is 6.07 Å². The van der Waals surface area contributed by atoms with Crippen LogP contribution >= 0.6 is 0 Å². The van der Waals surface area contributed by atoms with Crippen LogP contribution in [0.5, 0.6) is 5.75 Å². The number of halogens is 2. The number of hydrogen-bond acceptors (Lipinski definition) is 3. The smallest absolute Gasteiger partial charge is 0.220 e. The average molecular weight is 433 g/mol. The van der Waals surface area contributed by atoms with Gasteiger partial charge < -0.3 is 10.4 Å². The van der Waals surface area contributed by atoms with Gasteiger partial charge in [0, 0.05) is 30.5 Å². The molecule has 0 bridgehead atoms. The lowest BCUT2D eigenvalue weighted by molar-refractivity contribution is -0.121. The molecule has 0 radical (unpaired) electrons. The molecule has 1 heterocycles. The van der Waals surface area contributed by atoms with Crippen LogP contribution < -0.4 is 5.32 Å². The lowest BCUT2D eigenvalue weighted by Gasteiger charge is -2.08. The Hall–Kier alpha value is -4.00. The molecule has 5 nitrogen and oxygen atoms in total. The first-order valence-corrected chi connectivity index (χ1v) is 10.1. The Kier molecular flexibility index (Phi) is 6.26. The number of hydrogen-bond donors (Lipinski definition) is 2. The van der Waals surface area contributed by atoms with Crippen LogP contribution in [-0.4, -0.2) is 20.8 Å². The Morgan fingerprint density at radius 2 is 1.75 bits per heavy atom. The third-order valence-corrected chi connectivity index (χ3v) is 5.02. The predicted molar refractivity (Wildman–Crippen MR) is 117 cm³/mol. The second-order valence-corrected chi connectivity index (χ2v) is 7.33. The molecule has 0 atom stereocenters. The van der Waals surface area contributed by atoms with Crippen LogP contribution in [0.3, 0.4) is 0 Å². The van der Waals surface area contributed by atoms with Gasteiger partial charge in [-0.3, -0.25) is 4.79 Å². The molecule has 1 amide bonds. The van der Waals surface area contributed by atoms with Crippen LogP contribution in [-0.2, 0) is 17.8 Å². The molecule has 1 aromatic heterocycles. The number of benzene rings is 3. The summed E-state index contributed by atoms with van der Waals surface area (Å²) in [5.41, 5.74) is 3.07. The fourth-order valence-electron chi connectivity index (χ4n) is 3.36. The topological polar surface area (TPSA) is 67.2 Å². The van der Waals surface area contributed by atoms with Crippen LogP contribution in [0.4, 0.5) is 8.78 Å². The summed E-state index contributed by atoms with van der Waals surface area (Å²) in [6, 6.07) is 20.8. The van der Waals surface area contributed by atoms with Crippen LogP contribution in [0.25, 0.3) is 16.9 Å². The van der Waals surface area contributed by atoms with E-state index in [9.17, 15) is 18.7 Å². The van der Waals surface area contributed by atoms with Crippen LogP contribution in [0.2, 0.25) is 0 Å². The van der Waals surface area contributed by atoms with Crippen molar-refractivity contribution in [2.45, 2.75) is 19.4 Å². The Balaban J connectivity index is 1.51. The highest BCUT2D eigenvalue weighted by molar-refractivity contribution is 5.76. The zero-order valence-electron chi connectivity index (χ0n) is 17.1. The quantitative estimate of drug-likeness (QED) is 0.441. The van der Waals surface area contributed by atoms with Gasteiger partial charge in [0.1, 0.15) is 17.4 Å². The number of carbonyl (C=O) groups excluding carboxylic acids is 1. The van der Waals surface area contributed by atoms with E-state index in [1.54, 1.807) is 59.3 Å². The maximum Gasteiger partial charge on any atom is 0.220 e.